The molecule has 1 aromatic carbocycles. The molecule has 2 N–H and O–H groups in total. The Kier molecular flexibility index (Phi) is 4.93. The maximum atomic E-state index is 5.84. The maximum Gasteiger partial charge on any atom is 0.0416 e. The molecule has 0 amide bonds. The normalized spacial score (nSPS) is 10.9. The van der Waals surface area contributed by atoms with Crippen LogP contribution in [0.5, 0.6) is 0 Å². The van der Waals surface area contributed by atoms with Crippen molar-refractivity contribution in [1.82, 2.24) is 9.88 Å². The lowest BCUT2D eigenvalue weighted by molar-refractivity contribution is 0.330. The van der Waals surface area contributed by atoms with Gasteiger partial charge in [0.05, 0.1) is 0 Å². The van der Waals surface area contributed by atoms with Gasteiger partial charge in [-0.15, -0.1) is 0 Å². The lowest BCUT2D eigenvalue weighted by Gasteiger charge is -2.17. The Morgan fingerprint density at radius 2 is 2.11 bits per heavy atom. The maximum absolute atomic E-state index is 5.84. The van der Waals surface area contributed by atoms with Crippen LogP contribution in [0, 0.1) is 0 Å². The molecule has 2 rings (SSSR count). The molecular weight excluding hydrogens is 302 g/mol. The molecule has 19 heavy (non-hydrogen) atoms. The fourth-order valence-electron chi connectivity index (χ4n) is 2.01. The van der Waals surface area contributed by atoms with E-state index in [-0.39, 0.29) is 0 Å². The molecular formula is C15H18BrN3. The standard InChI is InChI=1S/C15H18BrN3/c1-19(7-5-15-4-2-3-6-18-15)11-12-8-13(16)10-14(17)9-12/h2-4,6,8-10H,5,7,11,17H2,1H3. The summed E-state index contributed by atoms with van der Waals surface area (Å²) in [5, 5.41) is 0. The lowest BCUT2D eigenvalue weighted by Crippen LogP contribution is -2.21. The number of pyridine rings is 1. The van der Waals surface area contributed by atoms with E-state index in [1.807, 2.05) is 30.5 Å². The molecule has 100 valence electrons. The van der Waals surface area contributed by atoms with Crippen molar-refractivity contribution in [2.45, 2.75) is 13.0 Å². The van der Waals surface area contributed by atoms with Crippen LogP contribution in [0.2, 0.25) is 0 Å². The van der Waals surface area contributed by atoms with E-state index in [1.165, 1.54) is 5.56 Å². The molecule has 0 bridgehead atoms. The van der Waals surface area contributed by atoms with E-state index in [2.05, 4.69) is 45.0 Å². The van der Waals surface area contributed by atoms with Crippen LogP contribution in [0.4, 0.5) is 5.69 Å². The van der Waals surface area contributed by atoms with Crippen LogP contribution in [0.25, 0.3) is 0 Å². The van der Waals surface area contributed by atoms with Gasteiger partial charge in [0.15, 0.2) is 0 Å². The van der Waals surface area contributed by atoms with Gasteiger partial charge in [-0.2, -0.15) is 0 Å². The van der Waals surface area contributed by atoms with Crippen molar-refractivity contribution in [3.8, 4) is 0 Å². The molecule has 3 nitrogen and oxygen atoms in total. The molecule has 0 aliphatic heterocycles. The number of nitrogen functional groups attached to an aromatic ring is 1. The number of nitrogens with zero attached hydrogens (tertiary/aromatic N) is 2. The van der Waals surface area contributed by atoms with Gasteiger partial charge in [-0.1, -0.05) is 22.0 Å². The third kappa shape index (κ3) is 4.65. The minimum Gasteiger partial charge on any atom is -0.399 e. The van der Waals surface area contributed by atoms with Crippen LogP contribution < -0.4 is 5.73 Å². The smallest absolute Gasteiger partial charge is 0.0416 e. The zero-order valence-electron chi connectivity index (χ0n) is 11.0. The molecule has 1 aromatic heterocycles. The third-order valence-corrected chi connectivity index (χ3v) is 3.37. The van der Waals surface area contributed by atoms with E-state index < -0.39 is 0 Å². The number of benzene rings is 1. The number of rotatable bonds is 5. The number of halogens is 1. The number of anilines is 1. The number of nitrogens with two attached hydrogens (primary N) is 1. The van der Waals surface area contributed by atoms with Crippen molar-refractivity contribution in [3.63, 3.8) is 0 Å². The van der Waals surface area contributed by atoms with E-state index in [0.717, 1.165) is 35.4 Å². The van der Waals surface area contributed by atoms with Crippen molar-refractivity contribution in [3.05, 3.63) is 58.3 Å². The number of likely N-dealkylation sites (N-methyl/N-ethyl adjacent to an activating group) is 1. The van der Waals surface area contributed by atoms with E-state index in [0.29, 0.717) is 0 Å². The Morgan fingerprint density at radius 1 is 1.26 bits per heavy atom. The van der Waals surface area contributed by atoms with E-state index in [9.17, 15) is 0 Å². The van der Waals surface area contributed by atoms with E-state index in [4.69, 9.17) is 5.73 Å². The summed E-state index contributed by atoms with van der Waals surface area (Å²) < 4.78 is 1.03. The first kappa shape index (κ1) is 14.0. The third-order valence-electron chi connectivity index (χ3n) is 2.91. The van der Waals surface area contributed by atoms with Gasteiger partial charge in [0.25, 0.3) is 0 Å². The monoisotopic (exact) mass is 319 g/mol. The zero-order valence-corrected chi connectivity index (χ0v) is 12.6. The fourth-order valence-corrected chi connectivity index (χ4v) is 2.57. The predicted octanol–water partition coefficient (Wildman–Crippen LogP) is 3.10. The Labute approximate surface area is 122 Å². The molecule has 0 radical (unpaired) electrons. The molecule has 2 aromatic rings. The first-order valence-electron chi connectivity index (χ1n) is 6.27. The van der Waals surface area contributed by atoms with Crippen molar-refractivity contribution in [1.29, 1.82) is 0 Å². The molecule has 0 fully saturated rings. The van der Waals surface area contributed by atoms with E-state index in [1.54, 1.807) is 0 Å². The van der Waals surface area contributed by atoms with Crippen molar-refractivity contribution in [2.24, 2.45) is 0 Å². The molecule has 0 saturated carbocycles. The first-order chi connectivity index (χ1) is 9.13. The highest BCUT2D eigenvalue weighted by Gasteiger charge is 2.03. The Morgan fingerprint density at radius 3 is 2.79 bits per heavy atom. The predicted molar refractivity (Wildman–Crippen MR) is 82.8 cm³/mol. The fraction of sp³-hybridized carbons (Fsp3) is 0.267. The summed E-state index contributed by atoms with van der Waals surface area (Å²) in [5.41, 5.74) is 8.98. The summed E-state index contributed by atoms with van der Waals surface area (Å²) in [7, 11) is 2.11. The van der Waals surface area contributed by atoms with Crippen LogP contribution in [0.3, 0.4) is 0 Å². The minimum atomic E-state index is 0.794. The van der Waals surface area contributed by atoms with Crippen LogP contribution in [0.15, 0.2) is 47.1 Å². The second kappa shape index (κ2) is 6.68. The van der Waals surface area contributed by atoms with Gasteiger partial charge < -0.3 is 10.6 Å². The molecule has 1 heterocycles. The summed E-state index contributed by atoms with van der Waals surface area (Å²) >= 11 is 3.47. The Balaban J connectivity index is 1.89. The van der Waals surface area contributed by atoms with Gasteiger partial charge >= 0.3 is 0 Å². The summed E-state index contributed by atoms with van der Waals surface area (Å²) in [6.07, 6.45) is 2.80. The van der Waals surface area contributed by atoms with Crippen molar-refractivity contribution in [2.75, 3.05) is 19.3 Å². The Bertz CT molecular complexity index is 508. The molecule has 0 unspecified atom stereocenters. The highest BCUT2D eigenvalue weighted by atomic mass is 79.9. The summed E-state index contributed by atoms with van der Waals surface area (Å²) in [6.45, 7) is 1.86. The number of hydrogen-bond donors (Lipinski definition) is 1. The molecule has 0 saturated heterocycles. The quantitative estimate of drug-likeness (QED) is 0.861. The topological polar surface area (TPSA) is 42.2 Å². The molecule has 0 atom stereocenters. The number of aromatic nitrogens is 1. The zero-order chi connectivity index (χ0) is 13.7. The van der Waals surface area contributed by atoms with Crippen molar-refractivity contribution < 1.29 is 0 Å². The molecule has 4 heteroatoms. The van der Waals surface area contributed by atoms with Crippen LogP contribution in [-0.2, 0) is 13.0 Å². The van der Waals surface area contributed by atoms with Gasteiger partial charge in [-0.3, -0.25) is 4.98 Å². The van der Waals surface area contributed by atoms with Crippen LogP contribution in [0.1, 0.15) is 11.3 Å². The van der Waals surface area contributed by atoms with Crippen LogP contribution in [-0.4, -0.2) is 23.5 Å². The van der Waals surface area contributed by atoms with Gasteiger partial charge in [0.1, 0.15) is 0 Å². The van der Waals surface area contributed by atoms with Crippen LogP contribution >= 0.6 is 15.9 Å². The molecule has 0 aliphatic carbocycles. The van der Waals surface area contributed by atoms with E-state index >= 15 is 0 Å². The van der Waals surface area contributed by atoms with Gasteiger partial charge in [-0.25, -0.2) is 0 Å². The van der Waals surface area contributed by atoms with Gasteiger partial charge in [0.2, 0.25) is 0 Å². The highest BCUT2D eigenvalue weighted by molar-refractivity contribution is 9.10. The van der Waals surface area contributed by atoms with Crippen molar-refractivity contribution >= 4 is 21.6 Å². The first-order valence-corrected chi connectivity index (χ1v) is 7.06. The number of hydrogen-bond acceptors (Lipinski definition) is 3. The minimum absolute atomic E-state index is 0.794. The second-order valence-electron chi connectivity index (χ2n) is 4.70. The average molecular weight is 320 g/mol. The molecule has 0 aliphatic rings. The molecule has 0 spiro atoms. The second-order valence-corrected chi connectivity index (χ2v) is 5.62. The van der Waals surface area contributed by atoms with Gasteiger partial charge in [-0.05, 0) is 42.9 Å². The van der Waals surface area contributed by atoms with Gasteiger partial charge in [0, 0.05) is 41.6 Å². The SMILES string of the molecule is CN(CCc1ccccn1)Cc1cc(N)cc(Br)c1. The summed E-state index contributed by atoms with van der Waals surface area (Å²) in [6, 6.07) is 12.1. The summed E-state index contributed by atoms with van der Waals surface area (Å²) in [4.78, 5) is 6.61. The largest absolute Gasteiger partial charge is 0.399 e. The average Bonchev–Trinajstić information content (AvgIpc) is 2.36. The Hall–Kier alpha value is -1.39. The summed E-state index contributed by atoms with van der Waals surface area (Å²) in [5.74, 6) is 0. The lowest BCUT2D eigenvalue weighted by atomic mass is 10.2. The highest BCUT2D eigenvalue weighted by Crippen LogP contribution is 2.18.